The summed E-state index contributed by atoms with van der Waals surface area (Å²) in [5, 5.41) is 35.0. The lowest BCUT2D eigenvalue weighted by Gasteiger charge is -2.57. The average molecular weight is 524 g/mol. The summed E-state index contributed by atoms with van der Waals surface area (Å²) in [7, 11) is 1.98. The van der Waals surface area contributed by atoms with Crippen molar-refractivity contribution in [3.8, 4) is 0 Å². The molecule has 0 spiro atoms. The molecule has 0 aromatic heterocycles. The van der Waals surface area contributed by atoms with Crippen LogP contribution in [0.5, 0.6) is 0 Å². The van der Waals surface area contributed by atoms with Crippen molar-refractivity contribution in [3.05, 3.63) is 47.4 Å². The minimum Gasteiger partial charge on any atom is -0.510 e. The fourth-order valence-corrected chi connectivity index (χ4v) is 8.03. The van der Waals surface area contributed by atoms with E-state index in [1.54, 1.807) is 0 Å². The van der Waals surface area contributed by atoms with Crippen LogP contribution in [0.3, 0.4) is 0 Å². The zero-order valence-electron chi connectivity index (χ0n) is 24.1. The topological polar surface area (TPSA) is 88.3 Å². The second-order valence-corrected chi connectivity index (χ2v) is 12.4. The molecule has 1 aromatic rings. The molecular formula is C32H49N3O3. The number of aliphatic imine (C=N–C) groups is 1. The van der Waals surface area contributed by atoms with E-state index in [0.717, 1.165) is 49.9 Å². The molecule has 6 nitrogen and oxygen atoms in total. The van der Waals surface area contributed by atoms with E-state index in [0.29, 0.717) is 41.7 Å². The van der Waals surface area contributed by atoms with Crippen LogP contribution >= 0.6 is 0 Å². The number of benzene rings is 1. The van der Waals surface area contributed by atoms with E-state index < -0.39 is 0 Å². The highest BCUT2D eigenvalue weighted by Gasteiger charge is 2.59. The van der Waals surface area contributed by atoms with Crippen molar-refractivity contribution in [2.45, 2.75) is 91.2 Å². The summed E-state index contributed by atoms with van der Waals surface area (Å²) in [4.78, 5) is 6.00. The first kappa shape index (κ1) is 28.8. The molecule has 4 N–H and O–H groups in total. The van der Waals surface area contributed by atoms with Gasteiger partial charge in [-0.2, -0.15) is 0 Å². The third-order valence-corrected chi connectivity index (χ3v) is 10.6. The van der Waals surface area contributed by atoms with Gasteiger partial charge in [-0.1, -0.05) is 44.6 Å². The number of aliphatic hydroxyl groups is 3. The lowest BCUT2D eigenvalue weighted by molar-refractivity contribution is -0.0310. The summed E-state index contributed by atoms with van der Waals surface area (Å²) in [6, 6.07) is 8.36. The quantitative estimate of drug-likeness (QED) is 0.195. The number of fused-ring (bicyclic) bond motifs is 5. The molecule has 1 aromatic carbocycles. The number of aliphatic hydroxyl groups excluding tert-OH is 3. The van der Waals surface area contributed by atoms with Gasteiger partial charge >= 0.3 is 0 Å². The third kappa shape index (κ3) is 4.96. The molecule has 0 amide bonds. The zero-order chi connectivity index (χ0) is 27.7. The highest BCUT2D eigenvalue weighted by atomic mass is 16.3. The molecule has 0 aliphatic heterocycles. The second kappa shape index (κ2) is 11.5. The maximum atomic E-state index is 11.3. The molecule has 0 heterocycles. The molecule has 38 heavy (non-hydrogen) atoms. The SMILES string of the molecule is C=Nc1ccccc1N(CO)C1=C(O)CC2C3CC=C4CC(O)CCC4(C)C3CCC12C.CCC(C)NC. The molecule has 5 rings (SSSR count). The van der Waals surface area contributed by atoms with E-state index in [9.17, 15) is 15.3 Å². The fourth-order valence-electron chi connectivity index (χ4n) is 8.03. The van der Waals surface area contributed by atoms with E-state index in [2.05, 4.69) is 50.8 Å². The zero-order valence-corrected chi connectivity index (χ0v) is 24.1. The number of hydrogen-bond donors (Lipinski definition) is 4. The van der Waals surface area contributed by atoms with Crippen LogP contribution in [0.4, 0.5) is 11.4 Å². The first-order chi connectivity index (χ1) is 18.1. The summed E-state index contributed by atoms with van der Waals surface area (Å²) in [5.74, 6) is 1.84. The van der Waals surface area contributed by atoms with Gasteiger partial charge in [0.15, 0.2) is 0 Å². The largest absolute Gasteiger partial charge is 0.510 e. The molecule has 0 radical (unpaired) electrons. The van der Waals surface area contributed by atoms with Gasteiger partial charge in [0.25, 0.3) is 0 Å². The van der Waals surface area contributed by atoms with Crippen LogP contribution in [0.2, 0.25) is 0 Å². The predicted molar refractivity (Wildman–Crippen MR) is 157 cm³/mol. The van der Waals surface area contributed by atoms with Crippen molar-refractivity contribution in [2.24, 2.45) is 33.6 Å². The minimum absolute atomic E-state index is 0.165. The Morgan fingerprint density at radius 2 is 1.84 bits per heavy atom. The molecule has 6 heteroatoms. The Morgan fingerprint density at radius 1 is 1.13 bits per heavy atom. The molecule has 0 saturated heterocycles. The van der Waals surface area contributed by atoms with Crippen LogP contribution in [-0.2, 0) is 0 Å². The van der Waals surface area contributed by atoms with Crippen molar-refractivity contribution in [1.29, 1.82) is 0 Å². The van der Waals surface area contributed by atoms with Gasteiger partial charge in [-0.05, 0) is 101 Å². The van der Waals surface area contributed by atoms with E-state index in [4.69, 9.17) is 0 Å². The second-order valence-electron chi connectivity index (χ2n) is 12.4. The van der Waals surface area contributed by atoms with Gasteiger partial charge in [-0.15, -0.1) is 0 Å². The van der Waals surface area contributed by atoms with Crippen molar-refractivity contribution in [1.82, 2.24) is 5.32 Å². The molecule has 210 valence electrons. The normalized spacial score (nSPS) is 34.7. The summed E-state index contributed by atoms with van der Waals surface area (Å²) < 4.78 is 0. The van der Waals surface area contributed by atoms with Gasteiger partial charge in [-0.25, -0.2) is 0 Å². The average Bonchev–Trinajstić information content (AvgIpc) is 3.20. The van der Waals surface area contributed by atoms with E-state index in [-0.39, 0.29) is 23.7 Å². The lowest BCUT2D eigenvalue weighted by atomic mass is 9.47. The summed E-state index contributed by atoms with van der Waals surface area (Å²) in [6.45, 7) is 12.5. The standard InChI is InChI=1S/C27H36N2O3.C5H13N/c1-26-12-10-18(31)14-17(26)8-9-19-20(26)11-13-27(2)21(19)15-24(32)25(27)29(16-30)23-7-5-4-6-22(23)28-3;1-4-5(2)6-3/h4-8,18-21,30-32H,3,9-16H2,1-2H3;5-6H,4H2,1-3H3. The molecule has 4 aliphatic rings. The van der Waals surface area contributed by atoms with Gasteiger partial charge in [-0.3, -0.25) is 4.99 Å². The molecule has 0 bridgehead atoms. The Kier molecular flexibility index (Phi) is 8.75. The van der Waals surface area contributed by atoms with E-state index >= 15 is 0 Å². The van der Waals surface area contributed by atoms with Crippen LogP contribution in [0, 0.1) is 28.6 Å². The number of rotatable bonds is 6. The highest BCUT2D eigenvalue weighted by molar-refractivity contribution is 5.72. The van der Waals surface area contributed by atoms with Crippen LogP contribution in [0.25, 0.3) is 0 Å². The van der Waals surface area contributed by atoms with Crippen LogP contribution < -0.4 is 10.2 Å². The molecule has 2 fully saturated rings. The fraction of sp³-hybridized carbons (Fsp3) is 0.656. The highest BCUT2D eigenvalue weighted by Crippen LogP contribution is 2.66. The molecule has 4 aliphatic carbocycles. The number of anilines is 1. The Labute approximate surface area is 229 Å². The van der Waals surface area contributed by atoms with Gasteiger partial charge in [0.2, 0.25) is 0 Å². The van der Waals surface area contributed by atoms with Crippen molar-refractivity contribution in [3.63, 3.8) is 0 Å². The van der Waals surface area contributed by atoms with E-state index in [1.165, 1.54) is 12.0 Å². The Bertz CT molecular complexity index is 1060. The van der Waals surface area contributed by atoms with Crippen LogP contribution in [0.1, 0.15) is 79.1 Å². The number of nitrogens with one attached hydrogen (secondary N) is 1. The molecule has 7 atom stereocenters. The van der Waals surface area contributed by atoms with Crippen LogP contribution in [-0.4, -0.2) is 48.0 Å². The van der Waals surface area contributed by atoms with Gasteiger partial charge in [0.1, 0.15) is 12.5 Å². The van der Waals surface area contributed by atoms with Crippen LogP contribution in [0.15, 0.2) is 52.4 Å². The summed E-state index contributed by atoms with van der Waals surface area (Å²) in [6.07, 6.45) is 9.97. The molecule has 2 saturated carbocycles. The maximum Gasteiger partial charge on any atom is 0.120 e. The predicted octanol–water partition coefficient (Wildman–Crippen LogP) is 6.48. The van der Waals surface area contributed by atoms with E-state index in [1.807, 2.05) is 36.2 Å². The lowest BCUT2D eigenvalue weighted by Crippen LogP contribution is -2.51. The Balaban J connectivity index is 0.000000505. The Morgan fingerprint density at radius 3 is 2.47 bits per heavy atom. The monoisotopic (exact) mass is 523 g/mol. The first-order valence-corrected chi connectivity index (χ1v) is 14.6. The molecule has 7 unspecified atom stereocenters. The summed E-state index contributed by atoms with van der Waals surface area (Å²) in [5.41, 5.74) is 3.78. The van der Waals surface area contributed by atoms with Crippen molar-refractivity contribution < 1.29 is 15.3 Å². The van der Waals surface area contributed by atoms with Crippen molar-refractivity contribution >= 4 is 18.1 Å². The number of allylic oxidation sites excluding steroid dienone is 3. The molecular weight excluding hydrogens is 474 g/mol. The van der Waals surface area contributed by atoms with Gasteiger partial charge in [0, 0.05) is 17.9 Å². The number of hydrogen-bond acceptors (Lipinski definition) is 6. The summed E-state index contributed by atoms with van der Waals surface area (Å²) >= 11 is 0. The Hall–Kier alpha value is -2.15. The van der Waals surface area contributed by atoms with Gasteiger partial charge < -0.3 is 25.5 Å². The third-order valence-electron chi connectivity index (χ3n) is 10.6. The number of nitrogens with zero attached hydrogens (tertiary/aromatic N) is 2. The maximum absolute atomic E-state index is 11.3. The first-order valence-electron chi connectivity index (χ1n) is 14.6. The minimum atomic E-state index is -0.206. The number of para-hydroxylation sites is 2. The smallest absolute Gasteiger partial charge is 0.120 e. The van der Waals surface area contributed by atoms with Gasteiger partial charge in [0.05, 0.1) is 23.2 Å². The van der Waals surface area contributed by atoms with Crippen molar-refractivity contribution in [2.75, 3.05) is 18.7 Å².